The molecular formula is C27H27F3N2O3. The molecule has 0 aliphatic rings. The molecule has 35 heavy (non-hydrogen) atoms. The maximum Gasteiger partial charge on any atom is 0.401 e. The lowest BCUT2D eigenvalue weighted by molar-refractivity contribution is -0.183. The fourth-order valence-corrected chi connectivity index (χ4v) is 3.46. The summed E-state index contributed by atoms with van der Waals surface area (Å²) in [6.45, 7) is -0.503. The first-order chi connectivity index (χ1) is 16.8. The van der Waals surface area contributed by atoms with Crippen molar-refractivity contribution in [2.45, 2.75) is 31.8 Å². The zero-order valence-electron chi connectivity index (χ0n) is 19.0. The smallest absolute Gasteiger partial charge is 0.401 e. The van der Waals surface area contributed by atoms with Crippen molar-refractivity contribution >= 4 is 11.9 Å². The van der Waals surface area contributed by atoms with Crippen molar-refractivity contribution in [3.8, 4) is 0 Å². The monoisotopic (exact) mass is 484 g/mol. The molecule has 0 saturated heterocycles. The van der Waals surface area contributed by atoms with E-state index in [1.54, 1.807) is 84.9 Å². The molecule has 0 fully saturated rings. The first-order valence-corrected chi connectivity index (χ1v) is 11.2. The van der Waals surface area contributed by atoms with Gasteiger partial charge in [-0.3, -0.25) is 4.79 Å². The number of carbonyl (C=O) groups is 2. The van der Waals surface area contributed by atoms with Crippen LogP contribution < -0.4 is 10.6 Å². The van der Waals surface area contributed by atoms with Gasteiger partial charge in [0.25, 0.3) is 0 Å². The van der Waals surface area contributed by atoms with Crippen LogP contribution in [-0.4, -0.2) is 30.6 Å². The van der Waals surface area contributed by atoms with E-state index in [9.17, 15) is 22.8 Å². The van der Waals surface area contributed by atoms with E-state index < -0.39 is 36.6 Å². The Hall–Kier alpha value is -3.65. The summed E-state index contributed by atoms with van der Waals surface area (Å²) in [7, 11) is 0. The zero-order valence-corrected chi connectivity index (χ0v) is 19.0. The Kier molecular flexibility index (Phi) is 9.43. The van der Waals surface area contributed by atoms with E-state index in [1.165, 1.54) is 0 Å². The minimum atomic E-state index is -4.79. The van der Waals surface area contributed by atoms with E-state index in [4.69, 9.17) is 4.74 Å². The van der Waals surface area contributed by atoms with Crippen LogP contribution in [-0.2, 0) is 33.9 Å². The second-order valence-corrected chi connectivity index (χ2v) is 8.05. The predicted molar refractivity (Wildman–Crippen MR) is 126 cm³/mol. The van der Waals surface area contributed by atoms with Gasteiger partial charge in [0.15, 0.2) is 0 Å². The van der Waals surface area contributed by atoms with Crippen molar-refractivity contribution in [3.05, 3.63) is 108 Å². The summed E-state index contributed by atoms with van der Waals surface area (Å²) < 4.78 is 46.5. The largest absolute Gasteiger partial charge is 0.459 e. The number of alkyl halides is 3. The summed E-state index contributed by atoms with van der Waals surface area (Å²) >= 11 is 0. The van der Waals surface area contributed by atoms with Crippen molar-refractivity contribution in [2.75, 3.05) is 6.54 Å². The van der Waals surface area contributed by atoms with Gasteiger partial charge in [-0.2, -0.15) is 13.2 Å². The van der Waals surface area contributed by atoms with Gasteiger partial charge in [-0.25, -0.2) is 4.79 Å². The first-order valence-electron chi connectivity index (χ1n) is 11.2. The van der Waals surface area contributed by atoms with E-state index >= 15 is 0 Å². The van der Waals surface area contributed by atoms with Crippen LogP contribution in [0.1, 0.15) is 16.7 Å². The summed E-state index contributed by atoms with van der Waals surface area (Å²) in [6, 6.07) is 25.3. The van der Waals surface area contributed by atoms with Gasteiger partial charge in [0, 0.05) is 19.5 Å². The molecule has 8 heteroatoms. The van der Waals surface area contributed by atoms with Gasteiger partial charge in [0.1, 0.15) is 18.6 Å². The molecule has 0 radical (unpaired) electrons. The molecule has 184 valence electrons. The molecule has 0 bridgehead atoms. The fourth-order valence-electron chi connectivity index (χ4n) is 3.46. The molecule has 3 aromatic carbocycles. The van der Waals surface area contributed by atoms with E-state index in [-0.39, 0.29) is 19.6 Å². The Morgan fingerprint density at radius 3 is 1.83 bits per heavy atom. The average Bonchev–Trinajstić information content (AvgIpc) is 2.86. The number of amides is 1. The molecule has 0 saturated carbocycles. The van der Waals surface area contributed by atoms with Crippen LogP contribution in [0.15, 0.2) is 91.0 Å². The van der Waals surface area contributed by atoms with Crippen molar-refractivity contribution in [2.24, 2.45) is 5.92 Å². The van der Waals surface area contributed by atoms with Crippen molar-refractivity contribution in [1.29, 1.82) is 0 Å². The number of halogens is 3. The molecule has 1 amide bonds. The Bertz CT molecular complexity index is 1060. The molecule has 5 nitrogen and oxygen atoms in total. The first kappa shape index (κ1) is 26.0. The third-order valence-corrected chi connectivity index (χ3v) is 5.34. The number of benzene rings is 3. The Morgan fingerprint density at radius 1 is 0.771 bits per heavy atom. The van der Waals surface area contributed by atoms with E-state index in [0.29, 0.717) is 5.56 Å². The van der Waals surface area contributed by atoms with Crippen LogP contribution in [0.2, 0.25) is 0 Å². The number of rotatable bonds is 11. The van der Waals surface area contributed by atoms with Gasteiger partial charge < -0.3 is 15.4 Å². The van der Waals surface area contributed by atoms with E-state index in [2.05, 4.69) is 10.6 Å². The quantitative estimate of drug-likeness (QED) is 0.396. The van der Waals surface area contributed by atoms with Gasteiger partial charge in [-0.1, -0.05) is 91.0 Å². The van der Waals surface area contributed by atoms with Crippen LogP contribution in [0.4, 0.5) is 13.2 Å². The summed E-state index contributed by atoms with van der Waals surface area (Å²) in [5.74, 6) is -4.41. The zero-order chi connectivity index (χ0) is 25.1. The van der Waals surface area contributed by atoms with Crippen molar-refractivity contribution in [3.63, 3.8) is 0 Å². The Morgan fingerprint density at radius 2 is 1.29 bits per heavy atom. The fraction of sp³-hybridized carbons (Fsp3) is 0.259. The molecule has 0 aromatic heterocycles. The van der Waals surface area contributed by atoms with Crippen molar-refractivity contribution < 1.29 is 27.5 Å². The summed E-state index contributed by atoms with van der Waals surface area (Å²) in [4.78, 5) is 25.5. The highest BCUT2D eigenvalue weighted by atomic mass is 19.4. The lowest BCUT2D eigenvalue weighted by Crippen LogP contribution is -2.51. The van der Waals surface area contributed by atoms with Crippen LogP contribution in [0.5, 0.6) is 0 Å². The maximum absolute atomic E-state index is 13.7. The topological polar surface area (TPSA) is 67.4 Å². The highest BCUT2D eigenvalue weighted by molar-refractivity contribution is 5.86. The molecule has 0 heterocycles. The van der Waals surface area contributed by atoms with Crippen LogP contribution in [0, 0.1) is 5.92 Å². The van der Waals surface area contributed by atoms with E-state index in [1.807, 2.05) is 6.07 Å². The summed E-state index contributed by atoms with van der Waals surface area (Å²) in [5.41, 5.74) is 2.20. The Balaban J connectivity index is 1.68. The van der Waals surface area contributed by atoms with Crippen molar-refractivity contribution in [1.82, 2.24) is 10.6 Å². The minimum absolute atomic E-state index is 0.00221. The number of carbonyl (C=O) groups excluding carboxylic acids is 2. The minimum Gasteiger partial charge on any atom is -0.459 e. The highest BCUT2D eigenvalue weighted by Gasteiger charge is 2.45. The molecule has 2 atom stereocenters. The van der Waals surface area contributed by atoms with Crippen LogP contribution in [0.3, 0.4) is 0 Å². The molecule has 0 aliphatic heterocycles. The maximum atomic E-state index is 13.7. The lowest BCUT2D eigenvalue weighted by Gasteiger charge is -2.24. The molecule has 3 aromatic rings. The standard InChI is InChI=1S/C27H27F3N2O3/c28-27(29,30)23(18-31-17-21-12-6-2-7-13-21)25(33)32-24(16-20-10-4-1-5-11-20)26(34)35-19-22-14-8-3-9-15-22/h1-15,23-24,31H,16-19H2,(H,32,33)/t23-,24-/m0/s1. The summed E-state index contributed by atoms with van der Waals surface area (Å²) in [6.07, 6.45) is -4.79. The van der Waals surface area contributed by atoms with Gasteiger partial charge in [-0.05, 0) is 16.7 Å². The molecule has 3 rings (SSSR count). The van der Waals surface area contributed by atoms with Gasteiger partial charge in [0.05, 0.1) is 0 Å². The molecule has 0 aliphatic carbocycles. The second kappa shape index (κ2) is 12.7. The molecular weight excluding hydrogens is 457 g/mol. The highest BCUT2D eigenvalue weighted by Crippen LogP contribution is 2.26. The number of nitrogens with one attached hydrogen (secondary N) is 2. The Labute approximate surface area is 202 Å². The third kappa shape index (κ3) is 8.57. The normalized spacial score (nSPS) is 13.0. The molecule has 0 unspecified atom stereocenters. The second-order valence-electron chi connectivity index (χ2n) is 8.05. The number of esters is 1. The molecule has 2 N–H and O–H groups in total. The SMILES string of the molecule is O=C(OCc1ccccc1)[C@H](Cc1ccccc1)NC(=O)[C@H](CNCc1ccccc1)C(F)(F)F. The third-order valence-electron chi connectivity index (χ3n) is 5.34. The number of hydrogen-bond acceptors (Lipinski definition) is 4. The average molecular weight is 485 g/mol. The van der Waals surface area contributed by atoms with Gasteiger partial charge in [0.2, 0.25) is 5.91 Å². The van der Waals surface area contributed by atoms with Crippen LogP contribution >= 0.6 is 0 Å². The number of hydrogen-bond donors (Lipinski definition) is 2. The predicted octanol–water partition coefficient (Wildman–Crippen LogP) is 4.43. The van der Waals surface area contributed by atoms with Gasteiger partial charge in [-0.15, -0.1) is 0 Å². The van der Waals surface area contributed by atoms with E-state index in [0.717, 1.165) is 11.1 Å². The lowest BCUT2D eigenvalue weighted by atomic mass is 10.0. The van der Waals surface area contributed by atoms with Crippen LogP contribution in [0.25, 0.3) is 0 Å². The molecule has 0 spiro atoms. The number of ether oxygens (including phenoxy) is 1. The van der Waals surface area contributed by atoms with Gasteiger partial charge >= 0.3 is 12.1 Å². The summed E-state index contributed by atoms with van der Waals surface area (Å²) in [5, 5.41) is 4.97.